The summed E-state index contributed by atoms with van der Waals surface area (Å²) in [5, 5.41) is 5.02. The maximum Gasteiger partial charge on any atom is 0.220 e. The summed E-state index contributed by atoms with van der Waals surface area (Å²) in [5.74, 6) is 0.945. The molecule has 1 saturated heterocycles. The lowest BCUT2D eigenvalue weighted by molar-refractivity contribution is -0.121. The predicted molar refractivity (Wildman–Crippen MR) is 115 cm³/mol. The smallest absolute Gasteiger partial charge is 0.220 e. The van der Waals surface area contributed by atoms with Crippen LogP contribution in [-0.2, 0) is 4.79 Å². The van der Waals surface area contributed by atoms with Crippen molar-refractivity contribution in [1.29, 1.82) is 0 Å². The number of benzene rings is 1. The van der Waals surface area contributed by atoms with Crippen LogP contribution in [0.4, 0.5) is 0 Å². The average molecular weight is 399 g/mol. The highest BCUT2D eigenvalue weighted by Crippen LogP contribution is 2.26. The Kier molecular flexibility index (Phi) is 7.80. The van der Waals surface area contributed by atoms with Crippen LogP contribution in [0.25, 0.3) is 0 Å². The number of hydrogen-bond donors (Lipinski definition) is 1. The Morgan fingerprint density at radius 3 is 2.54 bits per heavy atom. The molecule has 1 N–H and O–H groups in total. The number of hydrogen-bond acceptors (Lipinski definition) is 4. The van der Waals surface area contributed by atoms with E-state index < -0.39 is 0 Å². The number of rotatable bonds is 9. The van der Waals surface area contributed by atoms with Crippen molar-refractivity contribution in [3.63, 3.8) is 0 Å². The van der Waals surface area contributed by atoms with Crippen molar-refractivity contribution >= 4 is 23.0 Å². The van der Waals surface area contributed by atoms with Crippen LogP contribution in [0.3, 0.4) is 0 Å². The number of Topliss-reactive ketones (excluding diaryl/α,β-unsaturated/α-hetero) is 1. The van der Waals surface area contributed by atoms with E-state index in [0.29, 0.717) is 25.8 Å². The third-order valence-corrected chi connectivity index (χ3v) is 6.45. The van der Waals surface area contributed by atoms with Crippen LogP contribution >= 0.6 is 11.3 Å². The topological polar surface area (TPSA) is 49.4 Å². The molecule has 150 valence electrons. The largest absolute Gasteiger partial charge is 0.354 e. The zero-order valence-electron chi connectivity index (χ0n) is 16.6. The van der Waals surface area contributed by atoms with Gasteiger partial charge in [0.2, 0.25) is 5.91 Å². The second-order valence-electron chi connectivity index (χ2n) is 7.70. The van der Waals surface area contributed by atoms with Crippen molar-refractivity contribution < 1.29 is 9.59 Å². The number of nitrogens with one attached hydrogen (secondary N) is 1. The van der Waals surface area contributed by atoms with Crippen LogP contribution in [0.5, 0.6) is 0 Å². The lowest BCUT2D eigenvalue weighted by atomic mass is 9.95. The van der Waals surface area contributed by atoms with Gasteiger partial charge in [0.15, 0.2) is 5.78 Å². The minimum Gasteiger partial charge on any atom is -0.354 e. The average Bonchev–Trinajstić information content (AvgIpc) is 3.25. The molecule has 1 atom stereocenters. The van der Waals surface area contributed by atoms with Gasteiger partial charge in [-0.1, -0.05) is 43.3 Å². The van der Waals surface area contributed by atoms with Crippen LogP contribution in [-0.4, -0.2) is 36.2 Å². The molecule has 0 aliphatic carbocycles. The SMILES string of the molecule is CC1CCN(C(CNC(=O)CCCC(=O)c2cccs2)c2ccccc2)CC1. The molecule has 2 aromatic rings. The van der Waals surface area contributed by atoms with Crippen LogP contribution in [0.2, 0.25) is 0 Å². The van der Waals surface area contributed by atoms with Gasteiger partial charge in [0, 0.05) is 19.4 Å². The highest BCUT2D eigenvalue weighted by Gasteiger charge is 2.24. The van der Waals surface area contributed by atoms with Crippen molar-refractivity contribution in [2.24, 2.45) is 5.92 Å². The van der Waals surface area contributed by atoms with Gasteiger partial charge in [-0.05, 0) is 55.3 Å². The molecule has 0 saturated carbocycles. The van der Waals surface area contributed by atoms with E-state index in [-0.39, 0.29) is 17.7 Å². The second-order valence-corrected chi connectivity index (χ2v) is 8.65. The van der Waals surface area contributed by atoms with Crippen molar-refractivity contribution in [3.05, 3.63) is 58.3 Å². The number of carbonyl (C=O) groups excluding carboxylic acids is 2. The summed E-state index contributed by atoms with van der Waals surface area (Å²) in [6.07, 6.45) is 3.85. The van der Waals surface area contributed by atoms with Gasteiger partial charge in [0.05, 0.1) is 10.9 Å². The summed E-state index contributed by atoms with van der Waals surface area (Å²) in [6, 6.07) is 14.4. The van der Waals surface area contributed by atoms with Crippen molar-refractivity contribution in [1.82, 2.24) is 10.2 Å². The predicted octanol–water partition coefficient (Wildman–Crippen LogP) is 4.69. The fourth-order valence-corrected chi connectivity index (χ4v) is 4.44. The van der Waals surface area contributed by atoms with Gasteiger partial charge >= 0.3 is 0 Å². The van der Waals surface area contributed by atoms with Gasteiger partial charge in [-0.3, -0.25) is 14.5 Å². The number of ketones is 1. The third-order valence-electron chi connectivity index (χ3n) is 5.54. The summed E-state index contributed by atoms with van der Waals surface area (Å²) < 4.78 is 0. The first-order valence-corrected chi connectivity index (χ1v) is 11.1. The van der Waals surface area contributed by atoms with Crippen LogP contribution in [0.1, 0.15) is 60.3 Å². The normalized spacial score (nSPS) is 16.6. The fourth-order valence-electron chi connectivity index (χ4n) is 3.74. The molecule has 3 rings (SSSR count). The molecule has 0 bridgehead atoms. The van der Waals surface area contributed by atoms with Crippen molar-refractivity contribution in [3.8, 4) is 0 Å². The molecule has 2 heterocycles. The molecule has 1 aromatic carbocycles. The molecule has 0 spiro atoms. The van der Waals surface area contributed by atoms with Gasteiger partial charge in [-0.25, -0.2) is 0 Å². The zero-order valence-corrected chi connectivity index (χ0v) is 17.4. The van der Waals surface area contributed by atoms with E-state index in [1.165, 1.54) is 29.7 Å². The Hall–Kier alpha value is -1.98. The Morgan fingerprint density at radius 1 is 1.11 bits per heavy atom. The van der Waals surface area contributed by atoms with E-state index in [4.69, 9.17) is 0 Å². The molecule has 0 radical (unpaired) electrons. The molecule has 1 unspecified atom stereocenters. The first-order valence-electron chi connectivity index (χ1n) is 10.3. The maximum atomic E-state index is 12.3. The van der Waals surface area contributed by atoms with Crippen LogP contribution < -0.4 is 5.32 Å². The van der Waals surface area contributed by atoms with Gasteiger partial charge in [0.25, 0.3) is 0 Å². The summed E-state index contributed by atoms with van der Waals surface area (Å²) in [6.45, 7) is 5.09. The van der Waals surface area contributed by atoms with Gasteiger partial charge in [-0.2, -0.15) is 0 Å². The molecular weight excluding hydrogens is 368 g/mol. The number of piperidine rings is 1. The quantitative estimate of drug-likeness (QED) is 0.624. The van der Waals surface area contributed by atoms with E-state index in [1.807, 2.05) is 23.6 Å². The number of amides is 1. The first kappa shape index (κ1) is 20.7. The van der Waals surface area contributed by atoms with Gasteiger partial charge < -0.3 is 5.32 Å². The van der Waals surface area contributed by atoms with Gasteiger partial charge in [-0.15, -0.1) is 11.3 Å². The Bertz CT molecular complexity index is 737. The number of carbonyl (C=O) groups is 2. The van der Waals surface area contributed by atoms with E-state index >= 15 is 0 Å². The number of thiophene rings is 1. The summed E-state index contributed by atoms with van der Waals surface area (Å²) in [7, 11) is 0. The highest BCUT2D eigenvalue weighted by atomic mass is 32.1. The molecule has 5 heteroatoms. The minimum absolute atomic E-state index is 0.0327. The molecule has 1 aliphatic rings. The van der Waals surface area contributed by atoms with Crippen LogP contribution in [0.15, 0.2) is 47.8 Å². The molecule has 28 heavy (non-hydrogen) atoms. The van der Waals surface area contributed by atoms with E-state index in [9.17, 15) is 9.59 Å². The van der Waals surface area contributed by atoms with Crippen LogP contribution in [0, 0.1) is 5.92 Å². The standard InChI is InChI=1S/C23H30N2O2S/c1-18-12-14-25(15-13-18)20(19-7-3-2-4-8-19)17-24-23(27)11-5-9-21(26)22-10-6-16-28-22/h2-4,6-8,10,16,18,20H,5,9,11-15,17H2,1H3,(H,24,27). The Morgan fingerprint density at radius 2 is 1.86 bits per heavy atom. The summed E-state index contributed by atoms with van der Waals surface area (Å²) in [5.41, 5.74) is 1.25. The second kappa shape index (κ2) is 10.5. The minimum atomic E-state index is 0.0327. The molecule has 1 aromatic heterocycles. The number of likely N-dealkylation sites (tertiary alicyclic amines) is 1. The van der Waals surface area contributed by atoms with Crippen molar-refractivity contribution in [2.45, 2.75) is 45.1 Å². The molecule has 1 amide bonds. The molecular formula is C23H30N2O2S. The maximum absolute atomic E-state index is 12.3. The summed E-state index contributed by atoms with van der Waals surface area (Å²) >= 11 is 1.46. The zero-order chi connectivity index (χ0) is 19.8. The van der Waals surface area contributed by atoms with E-state index in [0.717, 1.165) is 23.9 Å². The lowest BCUT2D eigenvalue weighted by Gasteiger charge is -2.37. The molecule has 1 aliphatic heterocycles. The summed E-state index contributed by atoms with van der Waals surface area (Å²) in [4.78, 5) is 27.7. The number of nitrogens with zero attached hydrogens (tertiary/aromatic N) is 1. The van der Waals surface area contributed by atoms with E-state index in [2.05, 4.69) is 41.4 Å². The highest BCUT2D eigenvalue weighted by molar-refractivity contribution is 7.12. The van der Waals surface area contributed by atoms with Crippen molar-refractivity contribution in [2.75, 3.05) is 19.6 Å². The Balaban J connectivity index is 1.48. The fraction of sp³-hybridized carbons (Fsp3) is 0.478. The monoisotopic (exact) mass is 398 g/mol. The third kappa shape index (κ3) is 6.01. The Labute approximate surface area is 172 Å². The molecule has 4 nitrogen and oxygen atoms in total. The molecule has 1 fully saturated rings. The first-order chi connectivity index (χ1) is 13.6. The van der Waals surface area contributed by atoms with E-state index in [1.54, 1.807) is 0 Å². The van der Waals surface area contributed by atoms with Gasteiger partial charge in [0.1, 0.15) is 0 Å². The lowest BCUT2D eigenvalue weighted by Crippen LogP contribution is -2.41.